The minimum absolute atomic E-state index is 0.363. The molecule has 2 atom stereocenters. The van der Waals surface area contributed by atoms with Gasteiger partial charge < -0.3 is 5.73 Å². The van der Waals surface area contributed by atoms with Gasteiger partial charge in [-0.15, -0.1) is 0 Å². The van der Waals surface area contributed by atoms with E-state index in [-0.39, 0.29) is 0 Å². The van der Waals surface area contributed by atoms with Gasteiger partial charge in [0.15, 0.2) is 0 Å². The lowest BCUT2D eigenvalue weighted by atomic mass is 10.0. The van der Waals surface area contributed by atoms with Gasteiger partial charge in [0.25, 0.3) is 0 Å². The maximum atomic E-state index is 12.7. The SMILES string of the molecule is Cc1c(CN)cccc1S(=O)(=O)N1CC(C)C(C)C1. The highest BCUT2D eigenvalue weighted by atomic mass is 32.2. The number of benzene rings is 1. The average Bonchev–Trinajstić information content (AvgIpc) is 2.70. The van der Waals surface area contributed by atoms with Crippen molar-refractivity contribution in [2.45, 2.75) is 32.2 Å². The molecule has 1 aromatic rings. The summed E-state index contributed by atoms with van der Waals surface area (Å²) in [6, 6.07) is 5.33. The number of sulfonamides is 1. The number of hydrogen-bond acceptors (Lipinski definition) is 3. The number of rotatable bonds is 3. The molecular formula is C14H22N2O2S. The quantitative estimate of drug-likeness (QED) is 0.918. The van der Waals surface area contributed by atoms with Crippen molar-refractivity contribution in [2.24, 2.45) is 17.6 Å². The molecule has 0 radical (unpaired) electrons. The topological polar surface area (TPSA) is 63.4 Å². The van der Waals surface area contributed by atoms with Crippen LogP contribution in [0.1, 0.15) is 25.0 Å². The zero-order valence-corrected chi connectivity index (χ0v) is 12.6. The van der Waals surface area contributed by atoms with Crippen molar-refractivity contribution in [1.29, 1.82) is 0 Å². The Morgan fingerprint density at radius 3 is 2.37 bits per heavy atom. The maximum Gasteiger partial charge on any atom is 0.243 e. The molecule has 2 unspecified atom stereocenters. The predicted molar refractivity (Wildman–Crippen MR) is 76.2 cm³/mol. The second-order valence-electron chi connectivity index (χ2n) is 5.52. The Kier molecular flexibility index (Phi) is 3.99. The first-order valence-electron chi connectivity index (χ1n) is 6.66. The molecule has 1 aliphatic rings. The summed E-state index contributed by atoms with van der Waals surface area (Å²) >= 11 is 0. The molecule has 1 aromatic carbocycles. The van der Waals surface area contributed by atoms with Crippen LogP contribution < -0.4 is 5.73 Å². The summed E-state index contributed by atoms with van der Waals surface area (Å²) in [5.74, 6) is 0.820. The zero-order valence-electron chi connectivity index (χ0n) is 11.8. The fourth-order valence-electron chi connectivity index (χ4n) is 2.57. The van der Waals surface area contributed by atoms with E-state index in [4.69, 9.17) is 5.73 Å². The van der Waals surface area contributed by atoms with E-state index >= 15 is 0 Å². The summed E-state index contributed by atoms with van der Waals surface area (Å²) in [7, 11) is -3.39. The molecule has 5 heteroatoms. The Labute approximate surface area is 115 Å². The maximum absolute atomic E-state index is 12.7. The van der Waals surface area contributed by atoms with Crippen molar-refractivity contribution < 1.29 is 8.42 Å². The van der Waals surface area contributed by atoms with Crippen LogP contribution in [0.3, 0.4) is 0 Å². The highest BCUT2D eigenvalue weighted by molar-refractivity contribution is 7.89. The summed E-state index contributed by atoms with van der Waals surface area (Å²) in [4.78, 5) is 0.400. The van der Waals surface area contributed by atoms with E-state index in [1.807, 2.05) is 13.0 Å². The highest BCUT2D eigenvalue weighted by Gasteiger charge is 2.35. The first-order chi connectivity index (χ1) is 8.87. The Morgan fingerprint density at radius 2 is 1.84 bits per heavy atom. The van der Waals surface area contributed by atoms with Crippen molar-refractivity contribution >= 4 is 10.0 Å². The molecule has 0 amide bonds. The second kappa shape index (κ2) is 5.23. The molecule has 0 saturated carbocycles. The van der Waals surface area contributed by atoms with E-state index in [0.29, 0.717) is 36.4 Å². The largest absolute Gasteiger partial charge is 0.326 e. The Bertz CT molecular complexity index is 559. The fourth-order valence-corrected chi connectivity index (χ4v) is 4.48. The van der Waals surface area contributed by atoms with Gasteiger partial charge in [0.05, 0.1) is 4.90 Å². The van der Waals surface area contributed by atoms with Crippen molar-refractivity contribution in [1.82, 2.24) is 4.31 Å². The van der Waals surface area contributed by atoms with E-state index in [1.54, 1.807) is 16.4 Å². The molecule has 2 N–H and O–H groups in total. The van der Waals surface area contributed by atoms with Gasteiger partial charge in [-0.1, -0.05) is 26.0 Å². The monoisotopic (exact) mass is 282 g/mol. The summed E-state index contributed by atoms with van der Waals surface area (Å²) in [6.07, 6.45) is 0. The van der Waals surface area contributed by atoms with Gasteiger partial charge in [-0.3, -0.25) is 0 Å². The van der Waals surface area contributed by atoms with E-state index in [9.17, 15) is 8.42 Å². The van der Waals surface area contributed by atoms with Gasteiger partial charge in [0.1, 0.15) is 0 Å². The molecule has 19 heavy (non-hydrogen) atoms. The Hall–Kier alpha value is -0.910. The van der Waals surface area contributed by atoms with E-state index in [1.165, 1.54) is 0 Å². The van der Waals surface area contributed by atoms with Gasteiger partial charge in [0.2, 0.25) is 10.0 Å². The Morgan fingerprint density at radius 1 is 1.26 bits per heavy atom. The summed E-state index contributed by atoms with van der Waals surface area (Å²) in [6.45, 7) is 7.61. The van der Waals surface area contributed by atoms with Crippen LogP contribution in [-0.4, -0.2) is 25.8 Å². The lowest BCUT2D eigenvalue weighted by Crippen LogP contribution is -2.29. The van der Waals surface area contributed by atoms with Gasteiger partial charge in [-0.25, -0.2) is 8.42 Å². The zero-order chi connectivity index (χ0) is 14.2. The molecule has 0 spiro atoms. The van der Waals surface area contributed by atoms with Crippen LogP contribution in [0.5, 0.6) is 0 Å². The lowest BCUT2D eigenvalue weighted by Gasteiger charge is -2.19. The Balaban J connectivity index is 2.41. The standard InChI is InChI=1S/C14H22N2O2S/c1-10-8-16(9-11(10)2)19(17,18)14-6-4-5-13(7-15)12(14)3/h4-6,10-11H,7-9,15H2,1-3H3. The summed E-state index contributed by atoms with van der Waals surface area (Å²) in [5, 5.41) is 0. The number of nitrogens with two attached hydrogens (primary N) is 1. The molecular weight excluding hydrogens is 260 g/mol. The molecule has 1 aliphatic heterocycles. The molecule has 106 valence electrons. The van der Waals surface area contributed by atoms with Crippen LogP contribution in [0.2, 0.25) is 0 Å². The van der Waals surface area contributed by atoms with Crippen LogP contribution in [0.4, 0.5) is 0 Å². The van der Waals surface area contributed by atoms with E-state index in [0.717, 1.165) is 11.1 Å². The molecule has 1 fully saturated rings. The van der Waals surface area contributed by atoms with Crippen LogP contribution >= 0.6 is 0 Å². The van der Waals surface area contributed by atoms with Crippen molar-refractivity contribution in [3.8, 4) is 0 Å². The molecule has 0 bridgehead atoms. The summed E-state index contributed by atoms with van der Waals surface area (Å²) < 4.78 is 27.0. The van der Waals surface area contributed by atoms with E-state index < -0.39 is 10.0 Å². The van der Waals surface area contributed by atoms with Crippen LogP contribution in [0.25, 0.3) is 0 Å². The normalized spacial score (nSPS) is 24.8. The molecule has 4 nitrogen and oxygen atoms in total. The van der Waals surface area contributed by atoms with Crippen molar-refractivity contribution in [3.63, 3.8) is 0 Å². The van der Waals surface area contributed by atoms with Crippen molar-refractivity contribution in [2.75, 3.05) is 13.1 Å². The van der Waals surface area contributed by atoms with Crippen LogP contribution in [0.15, 0.2) is 23.1 Å². The first-order valence-corrected chi connectivity index (χ1v) is 8.10. The van der Waals surface area contributed by atoms with Crippen molar-refractivity contribution in [3.05, 3.63) is 29.3 Å². The fraction of sp³-hybridized carbons (Fsp3) is 0.571. The molecule has 1 heterocycles. The van der Waals surface area contributed by atoms with Gasteiger partial charge in [-0.2, -0.15) is 4.31 Å². The van der Waals surface area contributed by atoms with Gasteiger partial charge in [-0.05, 0) is 36.0 Å². The minimum Gasteiger partial charge on any atom is -0.326 e. The number of nitrogens with zero attached hydrogens (tertiary/aromatic N) is 1. The molecule has 1 saturated heterocycles. The predicted octanol–water partition coefficient (Wildman–Crippen LogP) is 1.73. The third kappa shape index (κ3) is 2.55. The number of hydrogen-bond donors (Lipinski definition) is 1. The first kappa shape index (κ1) is 14.5. The third-order valence-electron chi connectivity index (χ3n) is 4.19. The van der Waals surface area contributed by atoms with Crippen LogP contribution in [-0.2, 0) is 16.6 Å². The summed E-state index contributed by atoms with van der Waals surface area (Å²) in [5.41, 5.74) is 7.32. The minimum atomic E-state index is -3.39. The van der Waals surface area contributed by atoms with Crippen LogP contribution in [0, 0.1) is 18.8 Å². The average molecular weight is 282 g/mol. The highest BCUT2D eigenvalue weighted by Crippen LogP contribution is 2.30. The smallest absolute Gasteiger partial charge is 0.243 e. The molecule has 2 rings (SSSR count). The van der Waals surface area contributed by atoms with Gasteiger partial charge >= 0.3 is 0 Å². The molecule has 0 aliphatic carbocycles. The lowest BCUT2D eigenvalue weighted by molar-refractivity contribution is 0.462. The third-order valence-corrected chi connectivity index (χ3v) is 6.16. The second-order valence-corrected chi connectivity index (χ2v) is 7.43. The molecule has 0 aromatic heterocycles. The van der Waals surface area contributed by atoms with Gasteiger partial charge in [0, 0.05) is 19.6 Å². The van der Waals surface area contributed by atoms with E-state index in [2.05, 4.69) is 13.8 Å².